The van der Waals surface area contributed by atoms with E-state index >= 15 is 0 Å². The lowest BCUT2D eigenvalue weighted by Gasteiger charge is -2.24. The third-order valence-corrected chi connectivity index (χ3v) is 4.20. The zero-order chi connectivity index (χ0) is 13.8. The van der Waals surface area contributed by atoms with E-state index in [1.807, 2.05) is 30.5 Å². The van der Waals surface area contributed by atoms with Crippen molar-refractivity contribution in [3.05, 3.63) is 42.0 Å². The molecular weight excluding hydrogens is 260 g/mol. The molecule has 1 aliphatic carbocycles. The molecule has 2 atom stereocenters. The molecule has 0 aliphatic heterocycles. The van der Waals surface area contributed by atoms with Gasteiger partial charge in [0, 0.05) is 16.4 Å². The van der Waals surface area contributed by atoms with Crippen molar-refractivity contribution in [3.63, 3.8) is 0 Å². The van der Waals surface area contributed by atoms with E-state index in [4.69, 9.17) is 0 Å². The van der Waals surface area contributed by atoms with Crippen molar-refractivity contribution < 1.29 is 14.7 Å². The maximum absolute atomic E-state index is 12.4. The number of rotatable bonds is 4. The van der Waals surface area contributed by atoms with E-state index in [1.165, 1.54) is 0 Å². The lowest BCUT2D eigenvalue weighted by Crippen LogP contribution is -2.31. The Hall–Kier alpha value is -1.55. The number of thioether (sulfide) groups is 1. The first-order valence-electron chi connectivity index (χ1n) is 6.19. The summed E-state index contributed by atoms with van der Waals surface area (Å²) in [6.45, 7) is 0. The maximum Gasteiger partial charge on any atom is 0.307 e. The summed E-state index contributed by atoms with van der Waals surface area (Å²) in [7, 11) is 0. The topological polar surface area (TPSA) is 54.4 Å². The molecule has 2 unspecified atom stereocenters. The van der Waals surface area contributed by atoms with Crippen LogP contribution in [0.1, 0.15) is 23.2 Å². The predicted octanol–water partition coefficient (Wildman–Crippen LogP) is 3.26. The van der Waals surface area contributed by atoms with E-state index in [2.05, 4.69) is 0 Å². The van der Waals surface area contributed by atoms with Crippen LogP contribution in [0.4, 0.5) is 0 Å². The molecule has 19 heavy (non-hydrogen) atoms. The van der Waals surface area contributed by atoms with Crippen LogP contribution in [-0.4, -0.2) is 23.1 Å². The van der Waals surface area contributed by atoms with Gasteiger partial charge >= 0.3 is 5.97 Å². The van der Waals surface area contributed by atoms with Crippen LogP contribution >= 0.6 is 11.8 Å². The van der Waals surface area contributed by atoms with Crippen LogP contribution in [0.25, 0.3) is 0 Å². The van der Waals surface area contributed by atoms with Crippen molar-refractivity contribution in [1.82, 2.24) is 0 Å². The number of ketones is 1. The molecule has 0 spiro atoms. The number of carboxylic acid groups (broad SMARTS) is 1. The van der Waals surface area contributed by atoms with Crippen molar-refractivity contribution in [2.75, 3.05) is 6.26 Å². The molecule has 1 aromatic carbocycles. The smallest absolute Gasteiger partial charge is 0.307 e. The minimum absolute atomic E-state index is 0.0654. The zero-order valence-electron chi connectivity index (χ0n) is 10.7. The number of aliphatic carboxylic acids is 1. The third kappa shape index (κ3) is 3.07. The second-order valence-electron chi connectivity index (χ2n) is 4.59. The van der Waals surface area contributed by atoms with Gasteiger partial charge in [-0.1, -0.05) is 24.3 Å². The highest BCUT2D eigenvalue weighted by Crippen LogP contribution is 2.29. The normalized spacial score (nSPS) is 22.2. The first kappa shape index (κ1) is 13.9. The van der Waals surface area contributed by atoms with Gasteiger partial charge < -0.3 is 5.11 Å². The third-order valence-electron chi connectivity index (χ3n) is 3.46. The standard InChI is InChI=1S/C15H16O3S/c1-19-11-8-6-10(7-9-11)14(16)12-4-2-3-5-13(12)15(17)18/h2-3,6-9,12-13H,4-5H2,1H3,(H,17,18). The molecule has 0 heterocycles. The highest BCUT2D eigenvalue weighted by Gasteiger charge is 2.34. The fourth-order valence-corrected chi connectivity index (χ4v) is 2.75. The molecule has 100 valence electrons. The molecule has 0 fully saturated rings. The number of hydrogen-bond donors (Lipinski definition) is 1. The molecule has 0 bridgehead atoms. The monoisotopic (exact) mass is 276 g/mol. The summed E-state index contributed by atoms with van der Waals surface area (Å²) in [5.74, 6) is -1.99. The number of Topliss-reactive ketones (excluding diaryl/α,β-unsaturated/α-hetero) is 1. The summed E-state index contributed by atoms with van der Waals surface area (Å²) >= 11 is 1.61. The molecule has 0 saturated heterocycles. The van der Waals surface area contributed by atoms with Gasteiger partial charge in [0.15, 0.2) is 5.78 Å². The lowest BCUT2D eigenvalue weighted by molar-refractivity contribution is -0.143. The molecule has 3 nitrogen and oxygen atoms in total. The molecule has 1 aliphatic rings. The Morgan fingerprint density at radius 2 is 1.68 bits per heavy atom. The first-order valence-corrected chi connectivity index (χ1v) is 7.42. The lowest BCUT2D eigenvalue weighted by atomic mass is 9.78. The molecule has 0 aromatic heterocycles. The Kier molecular flexibility index (Phi) is 4.43. The fourth-order valence-electron chi connectivity index (χ4n) is 2.35. The Balaban J connectivity index is 2.21. The molecule has 1 N–H and O–H groups in total. The minimum Gasteiger partial charge on any atom is -0.481 e. The Bertz CT molecular complexity index is 505. The SMILES string of the molecule is CSc1ccc(C(=O)C2CC=CCC2C(=O)O)cc1. The summed E-state index contributed by atoms with van der Waals surface area (Å²) in [5.41, 5.74) is 0.601. The largest absolute Gasteiger partial charge is 0.481 e. The van der Waals surface area contributed by atoms with Crippen molar-refractivity contribution in [1.29, 1.82) is 0 Å². The van der Waals surface area contributed by atoms with Gasteiger partial charge in [0.1, 0.15) is 0 Å². The van der Waals surface area contributed by atoms with Crippen LogP contribution in [0.15, 0.2) is 41.3 Å². The molecule has 4 heteroatoms. The number of allylic oxidation sites excluding steroid dienone is 2. The van der Waals surface area contributed by atoms with Crippen LogP contribution < -0.4 is 0 Å². The first-order chi connectivity index (χ1) is 9.13. The van der Waals surface area contributed by atoms with Crippen molar-refractivity contribution >= 4 is 23.5 Å². The average Bonchev–Trinajstić information content (AvgIpc) is 2.46. The van der Waals surface area contributed by atoms with Crippen molar-refractivity contribution in [3.8, 4) is 0 Å². The Morgan fingerprint density at radius 3 is 2.21 bits per heavy atom. The molecular formula is C15H16O3S. The predicted molar refractivity (Wildman–Crippen MR) is 75.5 cm³/mol. The molecule has 2 rings (SSSR count). The minimum atomic E-state index is -0.886. The van der Waals surface area contributed by atoms with Crippen LogP contribution in [0.3, 0.4) is 0 Å². The van der Waals surface area contributed by atoms with Gasteiger partial charge in [-0.2, -0.15) is 0 Å². The van der Waals surface area contributed by atoms with E-state index in [0.29, 0.717) is 18.4 Å². The second kappa shape index (κ2) is 6.06. The van der Waals surface area contributed by atoms with Crippen molar-refractivity contribution in [2.24, 2.45) is 11.8 Å². The number of carboxylic acids is 1. The summed E-state index contributed by atoms with van der Waals surface area (Å²) in [4.78, 5) is 24.7. The van der Waals surface area contributed by atoms with Gasteiger partial charge in [0.25, 0.3) is 0 Å². The van der Waals surface area contributed by atoms with E-state index in [9.17, 15) is 14.7 Å². The maximum atomic E-state index is 12.4. The highest BCUT2D eigenvalue weighted by molar-refractivity contribution is 7.98. The van der Waals surface area contributed by atoms with Gasteiger partial charge in [0.05, 0.1) is 5.92 Å². The van der Waals surface area contributed by atoms with Gasteiger partial charge in [-0.05, 0) is 31.2 Å². The summed E-state index contributed by atoms with van der Waals surface area (Å²) < 4.78 is 0. The van der Waals surface area contributed by atoms with Crippen LogP contribution in [0, 0.1) is 11.8 Å². The highest BCUT2D eigenvalue weighted by atomic mass is 32.2. The van der Waals surface area contributed by atoms with Crippen LogP contribution in [0.2, 0.25) is 0 Å². The molecule has 0 amide bonds. The summed E-state index contributed by atoms with van der Waals surface area (Å²) in [5, 5.41) is 9.20. The number of hydrogen-bond acceptors (Lipinski definition) is 3. The van der Waals surface area contributed by atoms with Crippen LogP contribution in [0.5, 0.6) is 0 Å². The van der Waals surface area contributed by atoms with Crippen molar-refractivity contribution in [2.45, 2.75) is 17.7 Å². The fraction of sp³-hybridized carbons (Fsp3) is 0.333. The van der Waals surface area contributed by atoms with Crippen LogP contribution in [-0.2, 0) is 4.79 Å². The molecule has 0 saturated carbocycles. The van der Waals surface area contributed by atoms with Gasteiger partial charge in [0.2, 0.25) is 0 Å². The number of carbonyl (C=O) groups is 2. The molecule has 0 radical (unpaired) electrons. The van der Waals surface area contributed by atoms with E-state index < -0.39 is 17.8 Å². The average molecular weight is 276 g/mol. The number of benzene rings is 1. The van der Waals surface area contributed by atoms with Gasteiger partial charge in [-0.25, -0.2) is 0 Å². The van der Waals surface area contributed by atoms with Gasteiger partial charge in [-0.3, -0.25) is 9.59 Å². The Morgan fingerprint density at radius 1 is 1.11 bits per heavy atom. The summed E-state index contributed by atoms with van der Waals surface area (Å²) in [6, 6.07) is 7.36. The Labute approximate surface area is 116 Å². The summed E-state index contributed by atoms with van der Waals surface area (Å²) in [6.07, 6.45) is 6.68. The zero-order valence-corrected chi connectivity index (χ0v) is 11.5. The number of carbonyl (C=O) groups excluding carboxylic acids is 1. The van der Waals surface area contributed by atoms with E-state index in [1.54, 1.807) is 23.9 Å². The molecule has 1 aromatic rings. The second-order valence-corrected chi connectivity index (χ2v) is 5.47. The van der Waals surface area contributed by atoms with E-state index in [0.717, 1.165) is 4.90 Å². The van der Waals surface area contributed by atoms with E-state index in [-0.39, 0.29) is 5.78 Å². The van der Waals surface area contributed by atoms with Gasteiger partial charge in [-0.15, -0.1) is 11.8 Å². The quantitative estimate of drug-likeness (QED) is 0.521.